The zero-order chi connectivity index (χ0) is 19.9. The molecule has 136 valence electrons. The highest BCUT2D eigenvalue weighted by atomic mass is 19.2. The molecule has 0 spiro atoms. The molecule has 0 fully saturated rings. The maximum atomic E-state index is 14.4. The van der Waals surface area contributed by atoms with Crippen molar-refractivity contribution >= 4 is 18.9 Å². The molecule has 2 aromatic carbocycles. The molecule has 2 radical (unpaired) electrons. The number of halogens is 7. The highest BCUT2D eigenvalue weighted by Crippen LogP contribution is 2.36. The van der Waals surface area contributed by atoms with E-state index in [1.54, 1.807) is 0 Å². The molecule has 1 aliphatic carbocycles. The van der Waals surface area contributed by atoms with Crippen LogP contribution in [-0.4, -0.2) is 7.85 Å². The van der Waals surface area contributed by atoms with Gasteiger partial charge in [0.1, 0.15) is 19.5 Å². The second-order valence-electron chi connectivity index (χ2n) is 5.71. The summed E-state index contributed by atoms with van der Waals surface area (Å²) >= 11 is 0. The van der Waals surface area contributed by atoms with Gasteiger partial charge in [-0.15, -0.1) is 0 Å². The Morgan fingerprint density at radius 2 is 1.41 bits per heavy atom. The minimum Gasteiger partial charge on any atom is -0.207 e. The van der Waals surface area contributed by atoms with Crippen LogP contribution in [0.15, 0.2) is 47.8 Å². The maximum absolute atomic E-state index is 14.4. The van der Waals surface area contributed by atoms with Crippen LogP contribution in [0, 0.1) is 34.9 Å². The Kier molecular flexibility index (Phi) is 5.00. The lowest BCUT2D eigenvalue weighted by atomic mass is 9.81. The average Bonchev–Trinajstić information content (AvgIpc) is 2.64. The lowest BCUT2D eigenvalue weighted by Crippen LogP contribution is -2.15. The van der Waals surface area contributed by atoms with Crippen molar-refractivity contribution in [2.45, 2.75) is 6.42 Å². The fourth-order valence-corrected chi connectivity index (χ4v) is 2.78. The van der Waals surface area contributed by atoms with Gasteiger partial charge in [0.2, 0.25) is 5.82 Å². The molecule has 0 saturated heterocycles. The molecule has 0 unspecified atom stereocenters. The van der Waals surface area contributed by atoms with E-state index in [0.29, 0.717) is 0 Å². The summed E-state index contributed by atoms with van der Waals surface area (Å²) in [6.45, 7) is 0. The van der Waals surface area contributed by atoms with E-state index in [0.717, 1.165) is 30.4 Å². The molecule has 0 aliphatic heterocycles. The van der Waals surface area contributed by atoms with Crippen LogP contribution < -0.4 is 5.46 Å². The zero-order valence-electron chi connectivity index (χ0n) is 13.4. The molecule has 0 bridgehead atoms. The molecule has 3 rings (SSSR count). The van der Waals surface area contributed by atoms with Gasteiger partial charge in [0.25, 0.3) is 0 Å². The van der Waals surface area contributed by atoms with Crippen molar-refractivity contribution in [1.29, 1.82) is 0 Å². The van der Waals surface area contributed by atoms with Crippen LogP contribution in [-0.2, 0) is 0 Å². The summed E-state index contributed by atoms with van der Waals surface area (Å²) in [7, 11) is 5.74. The van der Waals surface area contributed by atoms with Crippen molar-refractivity contribution in [2.75, 3.05) is 0 Å². The summed E-state index contributed by atoms with van der Waals surface area (Å²) < 4.78 is 97.0. The van der Waals surface area contributed by atoms with Crippen LogP contribution in [0.1, 0.15) is 17.5 Å². The second-order valence-corrected chi connectivity index (χ2v) is 5.71. The number of benzene rings is 2. The van der Waals surface area contributed by atoms with E-state index in [4.69, 9.17) is 7.85 Å². The molecule has 0 aromatic heterocycles. The third-order valence-corrected chi connectivity index (χ3v) is 3.99. The minimum atomic E-state index is -2.34. The summed E-state index contributed by atoms with van der Waals surface area (Å²) in [5.74, 6) is -12.6. The molecule has 0 N–H and O–H groups in total. The topological polar surface area (TPSA) is 0 Å². The van der Waals surface area contributed by atoms with Gasteiger partial charge in [-0.3, -0.25) is 0 Å². The molecule has 1 aliphatic rings. The summed E-state index contributed by atoms with van der Waals surface area (Å²) in [5, 5.41) is 0. The minimum absolute atomic E-state index is 0.0990. The van der Waals surface area contributed by atoms with E-state index in [1.807, 2.05) is 0 Å². The van der Waals surface area contributed by atoms with Gasteiger partial charge in [-0.25, -0.2) is 30.7 Å². The Morgan fingerprint density at radius 1 is 0.815 bits per heavy atom. The SMILES string of the molecule is [B]c1ccc(F)cc1/C(=C1/C=C(F)C=CC1)c1c(F)c(F)c(F)c(F)c1F. The van der Waals surface area contributed by atoms with Crippen molar-refractivity contribution in [1.82, 2.24) is 0 Å². The van der Waals surface area contributed by atoms with Crippen LogP contribution in [0.4, 0.5) is 30.7 Å². The normalized spacial score (nSPS) is 15.7. The van der Waals surface area contributed by atoms with Gasteiger partial charge >= 0.3 is 0 Å². The molecule has 0 heterocycles. The Morgan fingerprint density at radius 3 is 2.00 bits per heavy atom. The van der Waals surface area contributed by atoms with Crippen molar-refractivity contribution in [3.05, 3.63) is 93.9 Å². The molecule has 0 nitrogen and oxygen atoms in total. The first-order valence-corrected chi connectivity index (χ1v) is 7.56. The maximum Gasteiger partial charge on any atom is 0.200 e. The summed E-state index contributed by atoms with van der Waals surface area (Å²) in [5.41, 5.74) is -2.54. The standard InChI is InChI=1S/C19H8BF7/c20-12-5-4-10(22)7-11(12)13(8-2-1-3-9(21)6-8)14-15(23)17(25)19(27)18(26)16(14)24/h1,3-7H,2H2/b13-8-. The van der Waals surface area contributed by atoms with E-state index < -0.39 is 51.9 Å². The number of allylic oxidation sites excluding steroid dienone is 5. The van der Waals surface area contributed by atoms with E-state index in [-0.39, 0.29) is 23.0 Å². The molecule has 2 aromatic rings. The number of hydrogen-bond donors (Lipinski definition) is 0. The van der Waals surface area contributed by atoms with E-state index in [9.17, 15) is 30.7 Å². The molecular weight excluding hydrogens is 372 g/mol. The first-order chi connectivity index (χ1) is 12.7. The zero-order valence-corrected chi connectivity index (χ0v) is 13.4. The predicted molar refractivity (Wildman–Crippen MR) is 87.0 cm³/mol. The van der Waals surface area contributed by atoms with Gasteiger partial charge in [0.15, 0.2) is 23.3 Å². The van der Waals surface area contributed by atoms with Crippen molar-refractivity contribution < 1.29 is 30.7 Å². The number of hydrogen-bond acceptors (Lipinski definition) is 0. The average molecular weight is 380 g/mol. The van der Waals surface area contributed by atoms with Gasteiger partial charge in [0, 0.05) is 0 Å². The van der Waals surface area contributed by atoms with Crippen LogP contribution in [0.2, 0.25) is 0 Å². The summed E-state index contributed by atoms with van der Waals surface area (Å²) in [4.78, 5) is 0. The molecular formula is C19H8BF7. The largest absolute Gasteiger partial charge is 0.207 e. The van der Waals surface area contributed by atoms with Gasteiger partial charge in [-0.1, -0.05) is 17.6 Å². The smallest absolute Gasteiger partial charge is 0.200 e. The van der Waals surface area contributed by atoms with Gasteiger partial charge in [0.05, 0.1) is 5.56 Å². The number of rotatable bonds is 2. The van der Waals surface area contributed by atoms with Crippen LogP contribution in [0.3, 0.4) is 0 Å². The summed E-state index contributed by atoms with van der Waals surface area (Å²) in [6.07, 6.45) is 3.11. The highest BCUT2D eigenvalue weighted by Gasteiger charge is 2.30. The van der Waals surface area contributed by atoms with Gasteiger partial charge in [-0.05, 0) is 47.4 Å². The Balaban J connectivity index is 2.46. The second kappa shape index (κ2) is 7.10. The first kappa shape index (κ1) is 19.0. The van der Waals surface area contributed by atoms with E-state index in [1.165, 1.54) is 6.08 Å². The molecule has 0 saturated carbocycles. The van der Waals surface area contributed by atoms with Gasteiger partial charge in [-0.2, -0.15) is 0 Å². The van der Waals surface area contributed by atoms with Crippen LogP contribution in [0.5, 0.6) is 0 Å². The van der Waals surface area contributed by atoms with Crippen LogP contribution >= 0.6 is 0 Å². The van der Waals surface area contributed by atoms with E-state index in [2.05, 4.69) is 0 Å². The quantitative estimate of drug-likeness (QED) is 0.300. The predicted octanol–water partition coefficient (Wildman–Crippen LogP) is 4.93. The van der Waals surface area contributed by atoms with Crippen LogP contribution in [0.25, 0.3) is 5.57 Å². The Hall–Kier alpha value is -2.77. The molecule has 8 heteroatoms. The lowest BCUT2D eigenvalue weighted by molar-refractivity contribution is 0.376. The lowest BCUT2D eigenvalue weighted by Gasteiger charge is -2.19. The first-order valence-electron chi connectivity index (χ1n) is 7.56. The Bertz CT molecular complexity index is 1010. The fraction of sp³-hybridized carbons (Fsp3) is 0.0526. The monoisotopic (exact) mass is 380 g/mol. The van der Waals surface area contributed by atoms with Crippen molar-refractivity contribution in [2.24, 2.45) is 0 Å². The summed E-state index contributed by atoms with van der Waals surface area (Å²) in [6, 6.07) is 2.80. The molecule has 0 amide bonds. The van der Waals surface area contributed by atoms with E-state index >= 15 is 0 Å². The molecule has 0 atom stereocenters. The van der Waals surface area contributed by atoms with Crippen molar-refractivity contribution in [3.8, 4) is 0 Å². The highest BCUT2D eigenvalue weighted by molar-refractivity contribution is 6.35. The Labute approximate surface area is 150 Å². The third kappa shape index (κ3) is 3.31. The van der Waals surface area contributed by atoms with Crippen molar-refractivity contribution in [3.63, 3.8) is 0 Å². The van der Waals surface area contributed by atoms with Gasteiger partial charge < -0.3 is 0 Å². The third-order valence-electron chi connectivity index (χ3n) is 3.99. The fourth-order valence-electron chi connectivity index (χ4n) is 2.78. The molecule has 27 heavy (non-hydrogen) atoms.